The average Bonchev–Trinajstić information content (AvgIpc) is 2.96. The van der Waals surface area contributed by atoms with E-state index in [-0.39, 0.29) is 33.8 Å². The molecule has 11 heteroatoms. The minimum absolute atomic E-state index is 0.0289. The van der Waals surface area contributed by atoms with Gasteiger partial charge in [0.25, 0.3) is 11.6 Å². The maximum Gasteiger partial charge on any atom is 0.355 e. The van der Waals surface area contributed by atoms with E-state index in [1.165, 1.54) is 19.1 Å². The van der Waals surface area contributed by atoms with Crippen LogP contribution in [0.2, 0.25) is 5.02 Å². The Morgan fingerprint density at radius 2 is 1.77 bits per heavy atom. The molecule has 0 radical (unpaired) electrons. The highest BCUT2D eigenvalue weighted by Crippen LogP contribution is 2.27. The number of benzene rings is 1. The Hall–Kier alpha value is -3.40. The molecular weight excluding hydrogens is 430 g/mol. The lowest BCUT2D eigenvalue weighted by atomic mass is 10.1. The number of nitro groups is 1. The number of nitrogens with one attached hydrogen (secondary N) is 2. The lowest BCUT2D eigenvalue weighted by molar-refractivity contribution is -0.384. The van der Waals surface area contributed by atoms with Crippen LogP contribution in [0.3, 0.4) is 0 Å². The highest BCUT2D eigenvalue weighted by Gasteiger charge is 2.27. The fraction of sp³-hybridized carbons (Fsp3) is 0.350. The van der Waals surface area contributed by atoms with Gasteiger partial charge in [0.15, 0.2) is 6.10 Å². The fourth-order valence-electron chi connectivity index (χ4n) is 2.76. The van der Waals surface area contributed by atoms with E-state index in [4.69, 9.17) is 21.1 Å². The van der Waals surface area contributed by atoms with Crippen molar-refractivity contribution in [3.05, 3.63) is 55.9 Å². The van der Waals surface area contributed by atoms with Gasteiger partial charge >= 0.3 is 11.9 Å². The molecular formula is C20H22ClN3O7. The van der Waals surface area contributed by atoms with Gasteiger partial charge in [0.1, 0.15) is 5.69 Å². The molecule has 0 spiro atoms. The number of esters is 2. The zero-order valence-corrected chi connectivity index (χ0v) is 18.3. The molecule has 0 aliphatic heterocycles. The van der Waals surface area contributed by atoms with Gasteiger partial charge in [0.2, 0.25) is 0 Å². The first-order chi connectivity index (χ1) is 14.4. The Bertz CT molecular complexity index is 1050. The van der Waals surface area contributed by atoms with Crippen LogP contribution in [0.15, 0.2) is 18.2 Å². The van der Waals surface area contributed by atoms with Crippen LogP contribution in [0.25, 0.3) is 0 Å². The smallest absolute Gasteiger partial charge is 0.355 e. The molecule has 1 atom stereocenters. The van der Waals surface area contributed by atoms with Crippen molar-refractivity contribution < 1.29 is 28.8 Å². The van der Waals surface area contributed by atoms with E-state index in [0.717, 1.165) is 6.07 Å². The molecule has 166 valence electrons. The molecule has 0 aliphatic rings. The zero-order chi connectivity index (χ0) is 23.5. The number of H-pyrrole nitrogens is 1. The third-order valence-corrected chi connectivity index (χ3v) is 4.58. The second-order valence-electron chi connectivity index (χ2n) is 7.04. The second kappa shape index (κ2) is 9.61. The molecule has 2 N–H and O–H groups in total. The van der Waals surface area contributed by atoms with E-state index in [2.05, 4.69) is 10.3 Å². The van der Waals surface area contributed by atoms with Gasteiger partial charge in [0, 0.05) is 17.8 Å². The molecule has 0 fully saturated rings. The van der Waals surface area contributed by atoms with E-state index in [1.54, 1.807) is 27.7 Å². The summed E-state index contributed by atoms with van der Waals surface area (Å²) in [6.45, 7) is 7.96. The van der Waals surface area contributed by atoms with Gasteiger partial charge in [-0.05, 0) is 46.2 Å². The number of nitrogens with zero attached hydrogens (tertiary/aromatic N) is 1. The molecule has 1 unspecified atom stereocenters. The Balaban J connectivity index is 2.11. The average molecular weight is 452 g/mol. The molecule has 31 heavy (non-hydrogen) atoms. The number of hydrogen-bond donors (Lipinski definition) is 2. The molecule has 1 aromatic carbocycles. The van der Waals surface area contributed by atoms with E-state index < -0.39 is 28.9 Å². The Morgan fingerprint density at radius 3 is 2.32 bits per heavy atom. The normalized spacial score (nSPS) is 11.7. The van der Waals surface area contributed by atoms with Crippen LogP contribution < -0.4 is 5.32 Å². The van der Waals surface area contributed by atoms with Crippen molar-refractivity contribution >= 4 is 40.8 Å². The Kier molecular flexibility index (Phi) is 7.40. The Morgan fingerprint density at radius 1 is 1.13 bits per heavy atom. The third kappa shape index (κ3) is 5.60. The zero-order valence-electron chi connectivity index (χ0n) is 17.6. The van der Waals surface area contributed by atoms with Gasteiger partial charge < -0.3 is 19.8 Å². The monoisotopic (exact) mass is 451 g/mol. The molecule has 1 amide bonds. The van der Waals surface area contributed by atoms with Crippen molar-refractivity contribution in [1.82, 2.24) is 4.98 Å². The van der Waals surface area contributed by atoms with E-state index in [1.807, 2.05) is 0 Å². The number of anilines is 1. The van der Waals surface area contributed by atoms with Crippen LogP contribution in [0.5, 0.6) is 0 Å². The number of hydrogen-bond acceptors (Lipinski definition) is 7. The molecule has 0 bridgehead atoms. The van der Waals surface area contributed by atoms with Crippen molar-refractivity contribution in [2.45, 2.75) is 46.8 Å². The van der Waals surface area contributed by atoms with E-state index in [9.17, 15) is 24.5 Å². The van der Waals surface area contributed by atoms with Gasteiger partial charge in [-0.3, -0.25) is 14.9 Å². The van der Waals surface area contributed by atoms with Crippen LogP contribution in [0.4, 0.5) is 11.4 Å². The maximum atomic E-state index is 12.5. The summed E-state index contributed by atoms with van der Waals surface area (Å²) in [5, 5.41) is 13.2. The number of aromatic nitrogens is 1. The quantitative estimate of drug-likeness (QED) is 0.369. The van der Waals surface area contributed by atoms with Crippen molar-refractivity contribution in [1.29, 1.82) is 0 Å². The summed E-state index contributed by atoms with van der Waals surface area (Å²) in [5.74, 6) is -2.09. The standard InChI is InChI=1S/C20H22ClN3O7/c1-9(2)30-19(26)16-10(3)17(22-11(16)4)20(27)31-12(5)18(25)23-15-7-6-13(24(28)29)8-14(15)21/h6-9,12,22H,1-5H3,(H,23,25). The summed E-state index contributed by atoms with van der Waals surface area (Å²) in [6.07, 6.45) is -1.54. The summed E-state index contributed by atoms with van der Waals surface area (Å²) in [6, 6.07) is 3.55. The molecule has 2 aromatic rings. The topological polar surface area (TPSA) is 141 Å². The molecule has 2 rings (SSSR count). The number of aryl methyl sites for hydroxylation is 1. The second-order valence-corrected chi connectivity index (χ2v) is 7.44. The lowest BCUT2D eigenvalue weighted by Gasteiger charge is -2.14. The number of nitro benzene ring substituents is 1. The van der Waals surface area contributed by atoms with Crippen LogP contribution in [0.1, 0.15) is 52.9 Å². The lowest BCUT2D eigenvalue weighted by Crippen LogP contribution is -2.30. The Labute approximate surface area is 183 Å². The molecule has 0 saturated heterocycles. The molecule has 0 saturated carbocycles. The van der Waals surface area contributed by atoms with Gasteiger partial charge in [-0.25, -0.2) is 9.59 Å². The van der Waals surface area contributed by atoms with Crippen LogP contribution in [-0.2, 0) is 14.3 Å². The van der Waals surface area contributed by atoms with Gasteiger partial charge in [-0.15, -0.1) is 0 Å². The molecule has 0 aliphatic carbocycles. The molecule has 1 heterocycles. The SMILES string of the molecule is Cc1[nH]c(C(=O)OC(C)C(=O)Nc2ccc([N+](=O)[O-])cc2Cl)c(C)c1C(=O)OC(C)C. The number of amides is 1. The number of halogens is 1. The van der Waals surface area contributed by atoms with Gasteiger partial charge in [-0.2, -0.15) is 0 Å². The molecule has 10 nitrogen and oxygen atoms in total. The first-order valence-corrected chi connectivity index (χ1v) is 9.66. The third-order valence-electron chi connectivity index (χ3n) is 4.26. The minimum atomic E-state index is -1.21. The summed E-state index contributed by atoms with van der Waals surface area (Å²) >= 11 is 5.95. The number of aromatic amines is 1. The summed E-state index contributed by atoms with van der Waals surface area (Å²) in [4.78, 5) is 50.1. The van der Waals surface area contributed by atoms with Gasteiger partial charge in [-0.1, -0.05) is 11.6 Å². The maximum absolute atomic E-state index is 12.5. The van der Waals surface area contributed by atoms with Crippen molar-refractivity contribution in [2.75, 3.05) is 5.32 Å². The fourth-order valence-corrected chi connectivity index (χ4v) is 2.98. The van der Waals surface area contributed by atoms with Crippen molar-refractivity contribution in [3.63, 3.8) is 0 Å². The van der Waals surface area contributed by atoms with E-state index in [0.29, 0.717) is 11.3 Å². The predicted octanol–water partition coefficient (Wildman–Crippen LogP) is 3.94. The minimum Gasteiger partial charge on any atom is -0.459 e. The first-order valence-electron chi connectivity index (χ1n) is 9.28. The number of carbonyl (C=O) groups is 3. The number of carbonyl (C=O) groups excluding carboxylic acids is 3. The van der Waals surface area contributed by atoms with Crippen LogP contribution in [0, 0.1) is 24.0 Å². The van der Waals surface area contributed by atoms with Gasteiger partial charge in [0.05, 0.1) is 27.3 Å². The summed E-state index contributed by atoms with van der Waals surface area (Å²) in [7, 11) is 0. The summed E-state index contributed by atoms with van der Waals surface area (Å²) < 4.78 is 10.4. The number of ether oxygens (including phenoxy) is 2. The van der Waals surface area contributed by atoms with Crippen molar-refractivity contribution in [2.24, 2.45) is 0 Å². The van der Waals surface area contributed by atoms with Crippen LogP contribution in [-0.4, -0.2) is 40.0 Å². The highest BCUT2D eigenvalue weighted by atomic mass is 35.5. The first kappa shape index (κ1) is 23.9. The number of non-ortho nitro benzene ring substituents is 1. The molecule has 1 aromatic heterocycles. The predicted molar refractivity (Wildman–Crippen MR) is 112 cm³/mol. The highest BCUT2D eigenvalue weighted by molar-refractivity contribution is 6.34. The van der Waals surface area contributed by atoms with Crippen molar-refractivity contribution in [3.8, 4) is 0 Å². The number of rotatable bonds is 7. The summed E-state index contributed by atoms with van der Waals surface area (Å²) in [5.41, 5.74) is 0.943. The van der Waals surface area contributed by atoms with Crippen LogP contribution >= 0.6 is 11.6 Å². The largest absolute Gasteiger partial charge is 0.459 e. The van der Waals surface area contributed by atoms with E-state index >= 15 is 0 Å².